The minimum Gasteiger partial charge on any atom is -0.455 e. The molecule has 1 saturated heterocycles. The minimum atomic E-state index is -1.97. The van der Waals surface area contributed by atoms with Crippen molar-refractivity contribution < 1.29 is 34.0 Å². The third-order valence-electron chi connectivity index (χ3n) is 8.78. The monoisotopic (exact) mass is 573 g/mol. The number of thioether (sulfide) groups is 1. The smallest absolute Gasteiger partial charge is 0.339 e. The lowest BCUT2D eigenvalue weighted by atomic mass is 9.77. The standard InChI is InChI=1S/C31H43NO7S/c1-19(2)40-25(33)17-31(36,11-6-9-29(4,5)35)28(34)39-27-20(3)16-30-10-7-12-32(30)13-8-21-14-23-24(38-18-37-23)15-22(21)26(27)30/h14-16,19,26-27,35-36H,6-13,17-18H2,1-5H3/t26?,27-,30?,31+/m0/s1. The second-order valence-electron chi connectivity index (χ2n) is 12.8. The predicted octanol–water partition coefficient (Wildman–Crippen LogP) is 4.49. The molecule has 2 N–H and O–H groups in total. The van der Waals surface area contributed by atoms with E-state index in [2.05, 4.69) is 23.1 Å². The van der Waals surface area contributed by atoms with Gasteiger partial charge in [0.2, 0.25) is 6.79 Å². The minimum absolute atomic E-state index is 0.0346. The van der Waals surface area contributed by atoms with Crippen LogP contribution in [0.3, 0.4) is 0 Å². The molecule has 4 atom stereocenters. The van der Waals surface area contributed by atoms with Crippen LogP contribution in [0.1, 0.15) is 90.2 Å². The van der Waals surface area contributed by atoms with Crippen LogP contribution in [0.4, 0.5) is 0 Å². The van der Waals surface area contributed by atoms with Gasteiger partial charge in [-0.2, -0.15) is 0 Å². The Morgan fingerprint density at radius 1 is 1.18 bits per heavy atom. The van der Waals surface area contributed by atoms with Gasteiger partial charge in [0, 0.05) is 17.7 Å². The zero-order chi connectivity index (χ0) is 28.9. The van der Waals surface area contributed by atoms with E-state index < -0.39 is 23.3 Å². The van der Waals surface area contributed by atoms with Gasteiger partial charge < -0.3 is 24.4 Å². The van der Waals surface area contributed by atoms with Crippen LogP contribution >= 0.6 is 11.8 Å². The molecule has 220 valence electrons. The highest BCUT2D eigenvalue weighted by atomic mass is 32.2. The molecule has 0 radical (unpaired) electrons. The molecule has 0 saturated carbocycles. The summed E-state index contributed by atoms with van der Waals surface area (Å²) in [4.78, 5) is 29.3. The first-order valence-electron chi connectivity index (χ1n) is 14.5. The Morgan fingerprint density at radius 3 is 2.60 bits per heavy atom. The maximum Gasteiger partial charge on any atom is 0.339 e. The van der Waals surface area contributed by atoms with Gasteiger partial charge in [0.25, 0.3) is 0 Å². The summed E-state index contributed by atoms with van der Waals surface area (Å²) in [6, 6.07) is 4.12. The topological polar surface area (TPSA) is 106 Å². The van der Waals surface area contributed by atoms with E-state index in [0.29, 0.717) is 18.6 Å². The molecule has 5 rings (SSSR count). The quantitative estimate of drug-likeness (QED) is 0.326. The van der Waals surface area contributed by atoms with Gasteiger partial charge in [-0.05, 0) is 94.7 Å². The number of fused-ring (bicyclic) bond motifs is 3. The maximum atomic E-state index is 13.9. The Balaban J connectivity index is 1.47. The van der Waals surface area contributed by atoms with Crippen LogP contribution in [0.2, 0.25) is 0 Å². The molecular weight excluding hydrogens is 530 g/mol. The van der Waals surface area contributed by atoms with Crippen LogP contribution < -0.4 is 9.47 Å². The second-order valence-corrected chi connectivity index (χ2v) is 14.5. The Hall–Kier alpha value is -2.07. The summed E-state index contributed by atoms with van der Waals surface area (Å²) >= 11 is 1.12. The number of nitrogens with zero attached hydrogens (tertiary/aromatic N) is 1. The van der Waals surface area contributed by atoms with Crippen molar-refractivity contribution in [2.24, 2.45) is 0 Å². The van der Waals surface area contributed by atoms with Crippen molar-refractivity contribution in [1.82, 2.24) is 4.90 Å². The second kappa shape index (κ2) is 11.0. The molecule has 1 fully saturated rings. The fourth-order valence-electron chi connectivity index (χ4n) is 7.05. The molecule has 1 aromatic carbocycles. The highest BCUT2D eigenvalue weighted by Crippen LogP contribution is 2.55. The number of carbonyl (C=O) groups excluding carboxylic acids is 2. The number of hydrogen-bond donors (Lipinski definition) is 2. The largest absolute Gasteiger partial charge is 0.455 e. The number of rotatable bonds is 9. The molecule has 0 bridgehead atoms. The highest BCUT2D eigenvalue weighted by Gasteiger charge is 2.57. The van der Waals surface area contributed by atoms with Crippen molar-refractivity contribution in [3.05, 3.63) is 34.9 Å². The molecule has 8 nitrogen and oxygen atoms in total. The molecule has 2 unspecified atom stereocenters. The Bertz CT molecular complexity index is 1190. The average molecular weight is 574 g/mol. The lowest BCUT2D eigenvalue weighted by Gasteiger charge is -2.40. The molecule has 3 aliphatic heterocycles. The molecule has 40 heavy (non-hydrogen) atoms. The average Bonchev–Trinajstić information content (AvgIpc) is 3.51. The number of ether oxygens (including phenoxy) is 3. The molecule has 0 amide bonds. The molecule has 9 heteroatoms. The van der Waals surface area contributed by atoms with E-state index >= 15 is 0 Å². The summed E-state index contributed by atoms with van der Waals surface area (Å²) in [6.07, 6.45) is 5.03. The van der Waals surface area contributed by atoms with Crippen LogP contribution in [0.25, 0.3) is 0 Å². The molecule has 0 aromatic heterocycles. The Kier molecular flexibility index (Phi) is 8.07. The first-order chi connectivity index (χ1) is 18.8. The maximum absolute atomic E-state index is 13.9. The lowest BCUT2D eigenvalue weighted by Crippen LogP contribution is -2.49. The van der Waals surface area contributed by atoms with Crippen LogP contribution in [-0.2, 0) is 20.7 Å². The van der Waals surface area contributed by atoms with Crippen molar-refractivity contribution in [1.29, 1.82) is 0 Å². The van der Waals surface area contributed by atoms with Gasteiger partial charge in [-0.3, -0.25) is 9.69 Å². The van der Waals surface area contributed by atoms with Crippen LogP contribution in [0.15, 0.2) is 23.8 Å². The van der Waals surface area contributed by atoms with Gasteiger partial charge in [0.15, 0.2) is 22.2 Å². The van der Waals surface area contributed by atoms with Gasteiger partial charge in [-0.25, -0.2) is 4.79 Å². The molecule has 1 aromatic rings. The highest BCUT2D eigenvalue weighted by molar-refractivity contribution is 8.14. The Labute approximate surface area is 241 Å². The van der Waals surface area contributed by atoms with E-state index in [1.165, 1.54) is 0 Å². The summed E-state index contributed by atoms with van der Waals surface area (Å²) in [7, 11) is 0. The zero-order valence-electron chi connectivity index (χ0n) is 24.3. The van der Waals surface area contributed by atoms with Gasteiger partial charge in [-0.1, -0.05) is 31.7 Å². The fourth-order valence-corrected chi connectivity index (χ4v) is 7.89. The van der Waals surface area contributed by atoms with E-state index in [0.717, 1.165) is 66.6 Å². The number of esters is 1. The van der Waals surface area contributed by atoms with Crippen molar-refractivity contribution in [2.45, 2.75) is 114 Å². The van der Waals surface area contributed by atoms with E-state index in [1.807, 2.05) is 20.8 Å². The summed E-state index contributed by atoms with van der Waals surface area (Å²) in [6.45, 7) is 11.3. The van der Waals surface area contributed by atoms with Crippen LogP contribution in [0.5, 0.6) is 11.5 Å². The third kappa shape index (κ3) is 5.67. The van der Waals surface area contributed by atoms with Crippen LogP contribution in [-0.4, -0.2) is 74.2 Å². The first kappa shape index (κ1) is 29.4. The van der Waals surface area contributed by atoms with Gasteiger partial charge in [-0.15, -0.1) is 0 Å². The summed E-state index contributed by atoms with van der Waals surface area (Å²) in [5.74, 6) is 0.516. The molecule has 1 spiro atoms. The van der Waals surface area contributed by atoms with Gasteiger partial charge in [0.1, 0.15) is 6.10 Å². The third-order valence-corrected chi connectivity index (χ3v) is 9.66. The molecule has 3 heterocycles. The summed E-state index contributed by atoms with van der Waals surface area (Å²) in [5, 5.41) is 21.7. The predicted molar refractivity (Wildman–Crippen MR) is 154 cm³/mol. The van der Waals surface area contributed by atoms with E-state index in [4.69, 9.17) is 14.2 Å². The van der Waals surface area contributed by atoms with E-state index in [1.54, 1.807) is 13.8 Å². The van der Waals surface area contributed by atoms with E-state index in [-0.39, 0.29) is 41.5 Å². The SMILES string of the molecule is CC1=CC23CCCN2CCc2cc4c(cc2C3[C@H]1OC(=O)[C@@](O)(CCCC(C)(C)O)CC(=O)SC(C)C)OCO4. The molecule has 4 aliphatic rings. The van der Waals surface area contributed by atoms with Gasteiger partial charge in [0.05, 0.1) is 17.6 Å². The fraction of sp³-hybridized carbons (Fsp3) is 0.677. The number of carbonyl (C=O) groups is 2. The van der Waals surface area contributed by atoms with Crippen molar-refractivity contribution in [3.8, 4) is 11.5 Å². The molecule has 1 aliphatic carbocycles. The Morgan fingerprint density at radius 2 is 1.90 bits per heavy atom. The summed E-state index contributed by atoms with van der Waals surface area (Å²) < 4.78 is 17.7. The lowest BCUT2D eigenvalue weighted by molar-refractivity contribution is -0.173. The van der Waals surface area contributed by atoms with Crippen molar-refractivity contribution >= 4 is 22.8 Å². The summed E-state index contributed by atoms with van der Waals surface area (Å²) in [5.41, 5.74) is 0.0138. The van der Waals surface area contributed by atoms with Crippen molar-refractivity contribution in [3.63, 3.8) is 0 Å². The number of hydrogen-bond acceptors (Lipinski definition) is 9. The van der Waals surface area contributed by atoms with Crippen LogP contribution in [0, 0.1) is 0 Å². The normalized spacial score (nSPS) is 26.9. The zero-order valence-corrected chi connectivity index (χ0v) is 25.1. The van der Waals surface area contributed by atoms with Crippen molar-refractivity contribution in [2.75, 3.05) is 19.9 Å². The molecular formula is C31H43NO7S. The number of aliphatic hydroxyl groups is 2. The van der Waals surface area contributed by atoms with Gasteiger partial charge >= 0.3 is 5.97 Å². The van der Waals surface area contributed by atoms with E-state index in [9.17, 15) is 19.8 Å². The first-order valence-corrected chi connectivity index (χ1v) is 15.4. The number of benzene rings is 1.